The van der Waals surface area contributed by atoms with E-state index in [0.29, 0.717) is 0 Å². The van der Waals surface area contributed by atoms with Gasteiger partial charge in [0.25, 0.3) is 5.69 Å². The second-order valence-corrected chi connectivity index (χ2v) is 4.29. The van der Waals surface area contributed by atoms with Crippen molar-refractivity contribution in [1.29, 1.82) is 0 Å². The van der Waals surface area contributed by atoms with Crippen LogP contribution in [-0.4, -0.2) is 10.7 Å². The second kappa shape index (κ2) is 5.03. The molecule has 0 bridgehead atoms. The van der Waals surface area contributed by atoms with E-state index in [1.165, 1.54) is 13.0 Å². The van der Waals surface area contributed by atoms with Crippen molar-refractivity contribution in [2.24, 2.45) is 5.92 Å². The Hall–Kier alpha value is -1.78. The summed E-state index contributed by atoms with van der Waals surface area (Å²) in [5, 5.41) is 10.9. The van der Waals surface area contributed by atoms with E-state index in [1.54, 1.807) is 13.8 Å². The standard InChI is InChI=1S/C12H14FNO3/c1-7(2)12(8(3)15)10-5-4-9(13)6-11(10)14(16)17/h4-7,12H,1-3H3. The number of hydrogen-bond donors (Lipinski definition) is 0. The molecule has 17 heavy (non-hydrogen) atoms. The van der Waals surface area contributed by atoms with E-state index in [2.05, 4.69) is 0 Å². The summed E-state index contributed by atoms with van der Waals surface area (Å²) < 4.78 is 13.0. The van der Waals surface area contributed by atoms with Crippen molar-refractivity contribution in [3.05, 3.63) is 39.7 Å². The van der Waals surface area contributed by atoms with E-state index in [4.69, 9.17) is 0 Å². The average molecular weight is 239 g/mol. The Balaban J connectivity index is 3.37. The van der Waals surface area contributed by atoms with E-state index in [0.717, 1.165) is 12.1 Å². The van der Waals surface area contributed by atoms with Gasteiger partial charge in [0.05, 0.1) is 16.9 Å². The highest BCUT2D eigenvalue weighted by Gasteiger charge is 2.28. The summed E-state index contributed by atoms with van der Waals surface area (Å²) in [6.45, 7) is 5.00. The fourth-order valence-electron chi connectivity index (χ4n) is 1.99. The maximum absolute atomic E-state index is 13.0. The van der Waals surface area contributed by atoms with Crippen molar-refractivity contribution >= 4 is 11.5 Å². The van der Waals surface area contributed by atoms with Crippen LogP contribution >= 0.6 is 0 Å². The van der Waals surface area contributed by atoms with Gasteiger partial charge in [-0.25, -0.2) is 4.39 Å². The van der Waals surface area contributed by atoms with Gasteiger partial charge in [0.2, 0.25) is 0 Å². The fraction of sp³-hybridized carbons (Fsp3) is 0.417. The lowest BCUT2D eigenvalue weighted by atomic mass is 9.84. The van der Waals surface area contributed by atoms with E-state index in [1.807, 2.05) is 0 Å². The van der Waals surface area contributed by atoms with Gasteiger partial charge < -0.3 is 0 Å². The summed E-state index contributed by atoms with van der Waals surface area (Å²) in [4.78, 5) is 21.7. The number of carbonyl (C=O) groups excluding carboxylic acids is 1. The highest BCUT2D eigenvalue weighted by atomic mass is 19.1. The lowest BCUT2D eigenvalue weighted by Gasteiger charge is -2.18. The summed E-state index contributed by atoms with van der Waals surface area (Å²) >= 11 is 0. The Kier molecular flexibility index (Phi) is 3.93. The molecule has 0 saturated carbocycles. The van der Waals surface area contributed by atoms with Crippen LogP contribution in [0.1, 0.15) is 32.3 Å². The van der Waals surface area contributed by atoms with Crippen molar-refractivity contribution < 1.29 is 14.1 Å². The molecule has 1 unspecified atom stereocenters. The Morgan fingerprint density at radius 2 is 2.00 bits per heavy atom. The first kappa shape index (κ1) is 13.3. The van der Waals surface area contributed by atoms with Gasteiger partial charge in [-0.15, -0.1) is 0 Å². The molecule has 0 N–H and O–H groups in total. The molecule has 1 atom stereocenters. The average Bonchev–Trinajstić information content (AvgIpc) is 2.19. The minimum atomic E-state index is -0.675. The number of carbonyl (C=O) groups is 1. The largest absolute Gasteiger partial charge is 0.299 e. The van der Waals surface area contributed by atoms with Crippen LogP contribution < -0.4 is 0 Å². The lowest BCUT2D eigenvalue weighted by Crippen LogP contribution is -2.16. The van der Waals surface area contributed by atoms with Gasteiger partial charge in [-0.1, -0.05) is 13.8 Å². The molecular formula is C12H14FNO3. The van der Waals surface area contributed by atoms with Gasteiger partial charge in [0.15, 0.2) is 0 Å². The molecule has 0 aliphatic heterocycles. The molecule has 0 fully saturated rings. The monoisotopic (exact) mass is 239 g/mol. The molecule has 4 nitrogen and oxygen atoms in total. The SMILES string of the molecule is CC(=O)C(c1ccc(F)cc1[N+](=O)[O-])C(C)C. The number of nitro groups is 1. The van der Waals surface area contributed by atoms with Crippen LogP contribution in [0.25, 0.3) is 0 Å². The molecule has 0 spiro atoms. The smallest absolute Gasteiger partial charge is 0.276 e. The third-order valence-corrected chi connectivity index (χ3v) is 2.63. The lowest BCUT2D eigenvalue weighted by molar-refractivity contribution is -0.385. The molecule has 1 rings (SSSR count). The number of halogens is 1. The minimum Gasteiger partial charge on any atom is -0.299 e. The molecule has 0 radical (unpaired) electrons. The zero-order chi connectivity index (χ0) is 13.2. The van der Waals surface area contributed by atoms with Gasteiger partial charge in [-0.3, -0.25) is 14.9 Å². The molecule has 5 heteroatoms. The maximum Gasteiger partial charge on any atom is 0.276 e. The normalized spacial score (nSPS) is 12.5. The molecule has 0 aliphatic rings. The fourth-order valence-corrected chi connectivity index (χ4v) is 1.99. The topological polar surface area (TPSA) is 60.2 Å². The van der Waals surface area contributed by atoms with Crippen LogP contribution in [0.3, 0.4) is 0 Å². The first-order valence-electron chi connectivity index (χ1n) is 5.29. The maximum atomic E-state index is 13.0. The van der Waals surface area contributed by atoms with Crippen molar-refractivity contribution in [1.82, 2.24) is 0 Å². The van der Waals surface area contributed by atoms with Gasteiger partial charge in [-0.2, -0.15) is 0 Å². The molecule has 0 heterocycles. The number of nitrogens with zero attached hydrogens (tertiary/aromatic N) is 1. The van der Waals surface area contributed by atoms with Gasteiger partial charge in [-0.05, 0) is 25.0 Å². The highest BCUT2D eigenvalue weighted by molar-refractivity contribution is 5.84. The first-order chi connectivity index (χ1) is 7.84. The van der Waals surface area contributed by atoms with Gasteiger partial charge in [0.1, 0.15) is 11.6 Å². The third-order valence-electron chi connectivity index (χ3n) is 2.63. The first-order valence-corrected chi connectivity index (χ1v) is 5.29. The Bertz CT molecular complexity index is 457. The zero-order valence-electron chi connectivity index (χ0n) is 9.94. The predicted octanol–water partition coefficient (Wildman–Crippen LogP) is 3.06. The Morgan fingerprint density at radius 1 is 1.41 bits per heavy atom. The molecule has 0 aromatic heterocycles. The molecule has 0 saturated heterocycles. The molecular weight excluding hydrogens is 225 g/mol. The molecule has 92 valence electrons. The van der Waals surface area contributed by atoms with Gasteiger partial charge >= 0.3 is 0 Å². The van der Waals surface area contributed by atoms with Gasteiger partial charge in [0, 0.05) is 5.56 Å². The van der Waals surface area contributed by atoms with Crippen molar-refractivity contribution in [3.63, 3.8) is 0 Å². The third kappa shape index (κ3) is 2.87. The summed E-state index contributed by atoms with van der Waals surface area (Å²) in [6, 6.07) is 3.31. The van der Waals surface area contributed by atoms with Crippen molar-refractivity contribution in [2.45, 2.75) is 26.7 Å². The minimum absolute atomic E-state index is 0.0725. The Labute approximate surface area is 98.6 Å². The van der Waals surface area contributed by atoms with Crippen LogP contribution in [0, 0.1) is 21.8 Å². The summed E-state index contributed by atoms with van der Waals surface area (Å²) in [5.74, 6) is -1.48. The predicted molar refractivity (Wildman–Crippen MR) is 61.3 cm³/mol. The van der Waals surface area contributed by atoms with Crippen molar-refractivity contribution in [3.8, 4) is 0 Å². The molecule has 1 aromatic rings. The number of rotatable bonds is 4. The number of Topliss-reactive ketones (excluding diaryl/α,β-unsaturated/α-hetero) is 1. The molecule has 0 amide bonds. The molecule has 0 aliphatic carbocycles. The van der Waals surface area contributed by atoms with Crippen LogP contribution in [0.2, 0.25) is 0 Å². The Morgan fingerprint density at radius 3 is 2.41 bits per heavy atom. The number of hydrogen-bond acceptors (Lipinski definition) is 3. The summed E-state index contributed by atoms with van der Waals surface area (Å²) in [5.41, 5.74) is -0.0576. The second-order valence-electron chi connectivity index (χ2n) is 4.29. The summed E-state index contributed by atoms with van der Waals surface area (Å²) in [7, 11) is 0. The number of ketones is 1. The van der Waals surface area contributed by atoms with E-state index < -0.39 is 16.7 Å². The summed E-state index contributed by atoms with van der Waals surface area (Å²) in [6.07, 6.45) is 0. The zero-order valence-corrected chi connectivity index (χ0v) is 9.94. The van der Waals surface area contributed by atoms with Crippen LogP contribution in [-0.2, 0) is 4.79 Å². The number of nitro benzene ring substituents is 1. The van der Waals surface area contributed by atoms with E-state index in [9.17, 15) is 19.3 Å². The molecule has 1 aromatic carbocycles. The van der Waals surface area contributed by atoms with Crippen LogP contribution in [0.15, 0.2) is 18.2 Å². The number of benzene rings is 1. The quantitative estimate of drug-likeness (QED) is 0.599. The van der Waals surface area contributed by atoms with Crippen LogP contribution in [0.4, 0.5) is 10.1 Å². The van der Waals surface area contributed by atoms with E-state index in [-0.39, 0.29) is 23.0 Å². The highest BCUT2D eigenvalue weighted by Crippen LogP contribution is 2.32. The van der Waals surface area contributed by atoms with E-state index >= 15 is 0 Å². The van der Waals surface area contributed by atoms with Crippen LogP contribution in [0.5, 0.6) is 0 Å². The van der Waals surface area contributed by atoms with Crippen molar-refractivity contribution in [2.75, 3.05) is 0 Å².